The molecule has 12 heavy (non-hydrogen) atoms. The van der Waals surface area contributed by atoms with Gasteiger partial charge in [-0.3, -0.25) is 0 Å². The van der Waals surface area contributed by atoms with Crippen LogP contribution in [0.3, 0.4) is 0 Å². The molecule has 0 bridgehead atoms. The van der Waals surface area contributed by atoms with E-state index in [1.54, 1.807) is 0 Å². The van der Waals surface area contributed by atoms with Gasteiger partial charge in [0.1, 0.15) is 0 Å². The number of nitrogens with one attached hydrogen (secondary N) is 1. The van der Waals surface area contributed by atoms with Gasteiger partial charge in [-0.25, -0.2) is 0 Å². The van der Waals surface area contributed by atoms with Gasteiger partial charge in [0.15, 0.2) is 0 Å². The number of hydrogen-bond donors (Lipinski definition) is 1. The summed E-state index contributed by atoms with van der Waals surface area (Å²) in [6.45, 7) is 9.26. The van der Waals surface area contributed by atoms with E-state index < -0.39 is 0 Å². The van der Waals surface area contributed by atoms with Crippen LogP contribution in [0, 0.1) is 11.8 Å². The molecule has 1 aliphatic rings. The molecule has 1 nitrogen and oxygen atoms in total. The van der Waals surface area contributed by atoms with Crippen LogP contribution >= 0.6 is 0 Å². The second kappa shape index (κ2) is 4.27. The first-order chi connectivity index (χ1) is 5.61. The first-order valence-corrected chi connectivity index (χ1v) is 5.37. The van der Waals surface area contributed by atoms with Gasteiger partial charge in [0.25, 0.3) is 0 Å². The van der Waals surface area contributed by atoms with E-state index >= 15 is 0 Å². The molecule has 3 atom stereocenters. The highest BCUT2D eigenvalue weighted by atomic mass is 14.9. The quantitative estimate of drug-likeness (QED) is 0.670. The van der Waals surface area contributed by atoms with Crippen LogP contribution in [0.4, 0.5) is 0 Å². The van der Waals surface area contributed by atoms with Crippen molar-refractivity contribution in [3.8, 4) is 0 Å². The van der Waals surface area contributed by atoms with Crippen molar-refractivity contribution < 1.29 is 0 Å². The zero-order chi connectivity index (χ0) is 9.14. The smallest absolute Gasteiger partial charge is 0.00975 e. The Kier molecular flexibility index (Phi) is 3.57. The van der Waals surface area contributed by atoms with E-state index in [-0.39, 0.29) is 0 Å². The Morgan fingerprint density at radius 3 is 2.42 bits per heavy atom. The fraction of sp³-hybridized carbons (Fsp3) is 1.00. The van der Waals surface area contributed by atoms with Gasteiger partial charge in [0, 0.05) is 12.1 Å². The Morgan fingerprint density at radius 1 is 1.17 bits per heavy atom. The summed E-state index contributed by atoms with van der Waals surface area (Å²) < 4.78 is 0. The predicted octanol–water partition coefficient (Wildman–Crippen LogP) is 2.81. The van der Waals surface area contributed by atoms with Crippen molar-refractivity contribution in [1.29, 1.82) is 0 Å². The van der Waals surface area contributed by atoms with E-state index in [0.717, 1.165) is 17.9 Å². The Morgan fingerprint density at radius 2 is 1.83 bits per heavy atom. The Hall–Kier alpha value is -0.0400. The lowest BCUT2D eigenvalue weighted by Crippen LogP contribution is -2.43. The summed E-state index contributed by atoms with van der Waals surface area (Å²) in [5, 5.41) is 3.66. The van der Waals surface area contributed by atoms with Crippen molar-refractivity contribution in [1.82, 2.24) is 5.32 Å². The Labute approximate surface area is 76.9 Å². The van der Waals surface area contributed by atoms with Crippen LogP contribution in [0.25, 0.3) is 0 Å². The lowest BCUT2D eigenvalue weighted by Gasteiger charge is -2.35. The molecule has 0 saturated heterocycles. The van der Waals surface area contributed by atoms with Gasteiger partial charge in [-0.15, -0.1) is 0 Å². The van der Waals surface area contributed by atoms with Crippen molar-refractivity contribution in [3.05, 3.63) is 0 Å². The topological polar surface area (TPSA) is 12.0 Å². The number of rotatable bonds is 2. The van der Waals surface area contributed by atoms with Crippen LogP contribution in [-0.2, 0) is 0 Å². The third-order valence-electron chi connectivity index (χ3n) is 3.25. The average molecular weight is 169 g/mol. The molecule has 1 rings (SSSR count). The molecule has 1 N–H and O–H groups in total. The summed E-state index contributed by atoms with van der Waals surface area (Å²) in [6, 6.07) is 1.41. The maximum absolute atomic E-state index is 3.66. The second-order valence-corrected chi connectivity index (χ2v) is 4.70. The maximum atomic E-state index is 3.66. The van der Waals surface area contributed by atoms with Crippen LogP contribution < -0.4 is 5.32 Å². The molecule has 3 unspecified atom stereocenters. The van der Waals surface area contributed by atoms with Gasteiger partial charge in [-0.2, -0.15) is 0 Å². The molecule has 1 heteroatoms. The minimum atomic E-state index is 0.641. The van der Waals surface area contributed by atoms with Crippen molar-refractivity contribution in [3.63, 3.8) is 0 Å². The van der Waals surface area contributed by atoms with E-state index in [9.17, 15) is 0 Å². The molecule has 72 valence electrons. The summed E-state index contributed by atoms with van der Waals surface area (Å²) in [7, 11) is 0. The van der Waals surface area contributed by atoms with Gasteiger partial charge in [0.2, 0.25) is 0 Å². The van der Waals surface area contributed by atoms with Crippen LogP contribution in [-0.4, -0.2) is 12.1 Å². The molecular weight excluding hydrogens is 146 g/mol. The first-order valence-electron chi connectivity index (χ1n) is 5.37. The van der Waals surface area contributed by atoms with E-state index in [4.69, 9.17) is 0 Å². The van der Waals surface area contributed by atoms with Crippen LogP contribution in [0.1, 0.15) is 47.0 Å². The zero-order valence-electron chi connectivity index (χ0n) is 8.93. The van der Waals surface area contributed by atoms with Gasteiger partial charge in [0.05, 0.1) is 0 Å². The SMILES string of the molecule is CC(C)NC1CCCC(C)C1C. The summed E-state index contributed by atoms with van der Waals surface area (Å²) in [5.74, 6) is 1.77. The third-order valence-corrected chi connectivity index (χ3v) is 3.25. The lowest BCUT2D eigenvalue weighted by atomic mass is 9.78. The highest BCUT2D eigenvalue weighted by Crippen LogP contribution is 2.29. The molecule has 0 aromatic heterocycles. The van der Waals surface area contributed by atoms with Gasteiger partial charge in [-0.05, 0) is 18.3 Å². The first kappa shape index (κ1) is 10.0. The Balaban J connectivity index is 2.41. The molecule has 0 spiro atoms. The lowest BCUT2D eigenvalue weighted by molar-refractivity contribution is 0.198. The fourth-order valence-electron chi connectivity index (χ4n) is 2.25. The normalized spacial score (nSPS) is 37.2. The van der Waals surface area contributed by atoms with Crippen LogP contribution in [0.5, 0.6) is 0 Å². The molecule has 0 aliphatic heterocycles. The average Bonchev–Trinajstić information content (AvgIpc) is 1.98. The van der Waals surface area contributed by atoms with Crippen LogP contribution in [0.2, 0.25) is 0 Å². The fourth-order valence-corrected chi connectivity index (χ4v) is 2.25. The van der Waals surface area contributed by atoms with Crippen molar-refractivity contribution in [2.45, 2.75) is 59.0 Å². The van der Waals surface area contributed by atoms with Crippen LogP contribution in [0.15, 0.2) is 0 Å². The second-order valence-electron chi connectivity index (χ2n) is 4.70. The van der Waals surface area contributed by atoms with E-state index in [0.29, 0.717) is 6.04 Å². The predicted molar refractivity (Wildman–Crippen MR) is 54.2 cm³/mol. The van der Waals surface area contributed by atoms with Crippen molar-refractivity contribution in [2.75, 3.05) is 0 Å². The molecule has 1 saturated carbocycles. The molecular formula is C11H23N. The Bertz CT molecular complexity index is 131. The standard InChI is InChI=1S/C11H23N/c1-8(2)12-11-7-5-6-9(3)10(11)4/h8-12H,5-7H2,1-4H3. The molecule has 0 heterocycles. The summed E-state index contributed by atoms with van der Waals surface area (Å²) >= 11 is 0. The molecule has 0 aromatic carbocycles. The van der Waals surface area contributed by atoms with Crippen molar-refractivity contribution >= 4 is 0 Å². The van der Waals surface area contributed by atoms with E-state index in [1.807, 2.05) is 0 Å². The van der Waals surface area contributed by atoms with Gasteiger partial charge in [-0.1, -0.05) is 40.5 Å². The van der Waals surface area contributed by atoms with Gasteiger partial charge < -0.3 is 5.32 Å². The zero-order valence-corrected chi connectivity index (χ0v) is 8.93. The monoisotopic (exact) mass is 169 g/mol. The molecule has 0 aromatic rings. The maximum Gasteiger partial charge on any atom is 0.00975 e. The third kappa shape index (κ3) is 2.48. The summed E-state index contributed by atoms with van der Waals surface area (Å²) in [6.07, 6.45) is 4.22. The van der Waals surface area contributed by atoms with E-state index in [2.05, 4.69) is 33.0 Å². The minimum absolute atomic E-state index is 0.641. The van der Waals surface area contributed by atoms with Crippen molar-refractivity contribution in [2.24, 2.45) is 11.8 Å². The summed E-state index contributed by atoms with van der Waals surface area (Å²) in [5.41, 5.74) is 0. The molecule has 0 radical (unpaired) electrons. The molecule has 1 aliphatic carbocycles. The van der Waals surface area contributed by atoms with Gasteiger partial charge >= 0.3 is 0 Å². The highest BCUT2D eigenvalue weighted by Gasteiger charge is 2.26. The highest BCUT2D eigenvalue weighted by molar-refractivity contribution is 4.82. The minimum Gasteiger partial charge on any atom is -0.312 e. The van der Waals surface area contributed by atoms with E-state index in [1.165, 1.54) is 19.3 Å². The molecule has 1 fully saturated rings. The molecule has 0 amide bonds. The summed E-state index contributed by atoms with van der Waals surface area (Å²) in [4.78, 5) is 0. The number of hydrogen-bond acceptors (Lipinski definition) is 1. The largest absolute Gasteiger partial charge is 0.312 e.